The fraction of sp³-hybridized carbons (Fsp3) is 0.538. The molecular formula is C13H21NO2S. The van der Waals surface area contributed by atoms with Crippen LogP contribution >= 0.6 is 0 Å². The van der Waals surface area contributed by atoms with Gasteiger partial charge in [-0.05, 0) is 43.5 Å². The number of sulfone groups is 1. The number of aryl methyl sites for hydroxylation is 1. The van der Waals surface area contributed by atoms with Gasteiger partial charge in [-0.25, -0.2) is 8.42 Å². The highest BCUT2D eigenvalue weighted by atomic mass is 32.2. The van der Waals surface area contributed by atoms with Gasteiger partial charge in [0.05, 0.1) is 5.75 Å². The second-order valence-corrected chi connectivity index (χ2v) is 6.78. The molecule has 17 heavy (non-hydrogen) atoms. The third-order valence-corrected chi connectivity index (χ3v) is 3.93. The van der Waals surface area contributed by atoms with Crippen LogP contribution in [0.2, 0.25) is 0 Å². The Bertz CT molecular complexity index is 466. The fourth-order valence-corrected chi connectivity index (χ4v) is 2.35. The van der Waals surface area contributed by atoms with Gasteiger partial charge in [-0.15, -0.1) is 0 Å². The summed E-state index contributed by atoms with van der Waals surface area (Å²) in [5.41, 5.74) is 3.88. The van der Waals surface area contributed by atoms with Crippen LogP contribution < -0.4 is 5.32 Å². The maximum absolute atomic E-state index is 10.9. The zero-order valence-electron chi connectivity index (χ0n) is 10.8. The molecule has 0 aliphatic rings. The summed E-state index contributed by atoms with van der Waals surface area (Å²) in [4.78, 5) is 0. The molecule has 0 radical (unpaired) electrons. The zero-order chi connectivity index (χ0) is 12.9. The Hall–Kier alpha value is -0.870. The molecular weight excluding hydrogens is 234 g/mol. The van der Waals surface area contributed by atoms with Gasteiger partial charge in [-0.2, -0.15) is 0 Å². The van der Waals surface area contributed by atoms with Crippen molar-refractivity contribution in [2.24, 2.45) is 0 Å². The van der Waals surface area contributed by atoms with E-state index in [1.807, 2.05) is 0 Å². The highest BCUT2D eigenvalue weighted by Gasteiger charge is 2.02. The second kappa shape index (κ2) is 6.17. The van der Waals surface area contributed by atoms with E-state index < -0.39 is 9.84 Å². The molecule has 0 bridgehead atoms. The summed E-state index contributed by atoms with van der Waals surface area (Å²) in [6.45, 7) is 5.75. The molecule has 1 rings (SSSR count). The summed E-state index contributed by atoms with van der Waals surface area (Å²) >= 11 is 0. The van der Waals surface area contributed by atoms with Gasteiger partial charge in [-0.1, -0.05) is 18.2 Å². The lowest BCUT2D eigenvalue weighted by Crippen LogP contribution is -2.18. The van der Waals surface area contributed by atoms with Crippen molar-refractivity contribution >= 4 is 9.84 Å². The van der Waals surface area contributed by atoms with Gasteiger partial charge in [0.2, 0.25) is 0 Å². The first-order valence-corrected chi connectivity index (χ1v) is 7.90. The smallest absolute Gasteiger partial charge is 0.147 e. The molecule has 0 heterocycles. The van der Waals surface area contributed by atoms with Crippen molar-refractivity contribution < 1.29 is 8.42 Å². The minimum Gasteiger partial charge on any atom is -0.313 e. The van der Waals surface area contributed by atoms with E-state index in [9.17, 15) is 8.42 Å². The van der Waals surface area contributed by atoms with Crippen molar-refractivity contribution in [3.05, 3.63) is 34.9 Å². The number of rotatable bonds is 6. The van der Waals surface area contributed by atoms with Crippen LogP contribution in [0.3, 0.4) is 0 Å². The van der Waals surface area contributed by atoms with E-state index in [2.05, 4.69) is 37.4 Å². The van der Waals surface area contributed by atoms with Gasteiger partial charge < -0.3 is 5.32 Å². The predicted octanol–water partition coefficient (Wildman–Crippen LogP) is 1.83. The SMILES string of the molecule is Cc1cccc(CNCCCS(C)(=O)=O)c1C. The van der Waals surface area contributed by atoms with Gasteiger partial charge in [0, 0.05) is 12.8 Å². The quantitative estimate of drug-likeness (QED) is 0.789. The summed E-state index contributed by atoms with van der Waals surface area (Å²) in [6, 6.07) is 6.25. The first-order chi connectivity index (χ1) is 7.90. The number of nitrogens with one attached hydrogen (secondary N) is 1. The molecule has 3 nitrogen and oxygen atoms in total. The van der Waals surface area contributed by atoms with E-state index in [1.165, 1.54) is 22.9 Å². The van der Waals surface area contributed by atoms with Crippen LogP contribution in [-0.4, -0.2) is 27.0 Å². The lowest BCUT2D eigenvalue weighted by molar-refractivity contribution is 0.594. The summed E-state index contributed by atoms with van der Waals surface area (Å²) in [7, 11) is -2.82. The molecule has 0 aliphatic carbocycles. The van der Waals surface area contributed by atoms with Crippen molar-refractivity contribution in [2.45, 2.75) is 26.8 Å². The van der Waals surface area contributed by atoms with Crippen molar-refractivity contribution in [3.63, 3.8) is 0 Å². The van der Waals surface area contributed by atoms with Gasteiger partial charge >= 0.3 is 0 Å². The molecule has 0 aromatic heterocycles. The molecule has 0 saturated carbocycles. The first kappa shape index (κ1) is 14.2. The van der Waals surface area contributed by atoms with Gasteiger partial charge in [0.25, 0.3) is 0 Å². The van der Waals surface area contributed by atoms with Crippen LogP contribution in [0.1, 0.15) is 23.1 Å². The van der Waals surface area contributed by atoms with E-state index >= 15 is 0 Å². The molecule has 1 aromatic rings. The third-order valence-electron chi connectivity index (χ3n) is 2.90. The third kappa shape index (κ3) is 5.33. The molecule has 0 unspecified atom stereocenters. The van der Waals surface area contributed by atoms with Crippen molar-refractivity contribution in [3.8, 4) is 0 Å². The summed E-state index contributed by atoms with van der Waals surface area (Å²) < 4.78 is 21.9. The van der Waals surface area contributed by atoms with Crippen LogP contribution in [0.25, 0.3) is 0 Å². The Morgan fingerprint density at radius 1 is 1.24 bits per heavy atom. The Labute approximate surface area is 104 Å². The van der Waals surface area contributed by atoms with E-state index in [4.69, 9.17) is 0 Å². The molecule has 0 amide bonds. The number of hydrogen-bond acceptors (Lipinski definition) is 3. The Balaban J connectivity index is 2.34. The minimum absolute atomic E-state index is 0.257. The van der Waals surface area contributed by atoms with Crippen molar-refractivity contribution in [1.82, 2.24) is 5.32 Å². The highest BCUT2D eigenvalue weighted by molar-refractivity contribution is 7.90. The highest BCUT2D eigenvalue weighted by Crippen LogP contribution is 2.12. The van der Waals surface area contributed by atoms with E-state index in [0.717, 1.165) is 13.1 Å². The molecule has 0 fully saturated rings. The zero-order valence-corrected chi connectivity index (χ0v) is 11.6. The summed E-state index contributed by atoms with van der Waals surface area (Å²) in [5.74, 6) is 0.257. The Kier molecular flexibility index (Phi) is 5.15. The minimum atomic E-state index is -2.82. The monoisotopic (exact) mass is 255 g/mol. The maximum atomic E-state index is 10.9. The van der Waals surface area contributed by atoms with Gasteiger partial charge in [0.1, 0.15) is 9.84 Å². The van der Waals surface area contributed by atoms with Crippen LogP contribution in [0, 0.1) is 13.8 Å². The predicted molar refractivity (Wildman–Crippen MR) is 72.0 cm³/mol. The Morgan fingerprint density at radius 2 is 1.94 bits per heavy atom. The first-order valence-electron chi connectivity index (χ1n) is 5.83. The average Bonchev–Trinajstić information content (AvgIpc) is 2.22. The van der Waals surface area contributed by atoms with Crippen LogP contribution in [0.15, 0.2) is 18.2 Å². The lowest BCUT2D eigenvalue weighted by Gasteiger charge is -2.09. The summed E-state index contributed by atoms with van der Waals surface area (Å²) in [5, 5.41) is 3.28. The Morgan fingerprint density at radius 3 is 2.59 bits per heavy atom. The normalized spacial score (nSPS) is 11.7. The molecule has 0 spiro atoms. The number of hydrogen-bond donors (Lipinski definition) is 1. The fourth-order valence-electron chi connectivity index (χ4n) is 1.69. The standard InChI is InChI=1S/C13H21NO2S/c1-11-6-4-7-13(12(11)2)10-14-8-5-9-17(3,15)16/h4,6-7,14H,5,8-10H2,1-3H3. The van der Waals surface area contributed by atoms with E-state index in [0.29, 0.717) is 6.42 Å². The van der Waals surface area contributed by atoms with E-state index in [-0.39, 0.29) is 5.75 Å². The van der Waals surface area contributed by atoms with Gasteiger partial charge in [-0.3, -0.25) is 0 Å². The molecule has 0 aliphatic heterocycles. The number of benzene rings is 1. The molecule has 1 aromatic carbocycles. The largest absolute Gasteiger partial charge is 0.313 e. The van der Waals surface area contributed by atoms with Crippen LogP contribution in [-0.2, 0) is 16.4 Å². The molecule has 0 atom stereocenters. The maximum Gasteiger partial charge on any atom is 0.147 e. The van der Waals surface area contributed by atoms with Crippen LogP contribution in [0.4, 0.5) is 0 Å². The molecule has 4 heteroatoms. The lowest BCUT2D eigenvalue weighted by atomic mass is 10.0. The second-order valence-electron chi connectivity index (χ2n) is 4.52. The molecule has 0 saturated heterocycles. The summed E-state index contributed by atoms with van der Waals surface area (Å²) in [6.07, 6.45) is 1.95. The molecule has 1 N–H and O–H groups in total. The van der Waals surface area contributed by atoms with Crippen LogP contribution in [0.5, 0.6) is 0 Å². The van der Waals surface area contributed by atoms with Crippen molar-refractivity contribution in [1.29, 1.82) is 0 Å². The topological polar surface area (TPSA) is 46.2 Å². The van der Waals surface area contributed by atoms with Crippen molar-refractivity contribution in [2.75, 3.05) is 18.6 Å². The molecule has 96 valence electrons. The van der Waals surface area contributed by atoms with E-state index in [1.54, 1.807) is 0 Å². The average molecular weight is 255 g/mol. The van der Waals surface area contributed by atoms with Gasteiger partial charge in [0.15, 0.2) is 0 Å².